The van der Waals surface area contributed by atoms with Crippen molar-refractivity contribution >= 4 is 11.9 Å². The van der Waals surface area contributed by atoms with Gasteiger partial charge in [0.25, 0.3) is 5.91 Å². The van der Waals surface area contributed by atoms with E-state index in [2.05, 4.69) is 27.1 Å². The van der Waals surface area contributed by atoms with Gasteiger partial charge in [-0.25, -0.2) is 0 Å². The number of amides is 1. The Morgan fingerprint density at radius 2 is 2.55 bits per heavy atom. The van der Waals surface area contributed by atoms with Gasteiger partial charge in [0.15, 0.2) is 11.6 Å². The lowest BCUT2D eigenvalue weighted by Gasteiger charge is -2.10. The highest BCUT2D eigenvalue weighted by molar-refractivity contribution is 5.92. The number of furan rings is 1. The Morgan fingerprint density at radius 1 is 1.70 bits per heavy atom. The first-order valence-electron chi connectivity index (χ1n) is 6.20. The lowest BCUT2D eigenvalue weighted by molar-refractivity contribution is -0.126. The van der Waals surface area contributed by atoms with Crippen LogP contribution in [0.15, 0.2) is 35.5 Å². The summed E-state index contributed by atoms with van der Waals surface area (Å²) in [7, 11) is 0. The third-order valence-corrected chi connectivity index (χ3v) is 2.53. The van der Waals surface area contributed by atoms with Gasteiger partial charge < -0.3 is 9.15 Å². The Kier molecular flexibility index (Phi) is 4.67. The van der Waals surface area contributed by atoms with Gasteiger partial charge in [-0.2, -0.15) is 4.98 Å². The van der Waals surface area contributed by atoms with Crippen molar-refractivity contribution in [3.8, 4) is 11.6 Å². The topological polar surface area (TPSA) is 93.0 Å². The highest BCUT2D eigenvalue weighted by atomic mass is 16.5. The Labute approximate surface area is 116 Å². The molecule has 2 rings (SSSR count). The minimum atomic E-state index is -0.583. The summed E-state index contributed by atoms with van der Waals surface area (Å²) in [4.78, 5) is 15.9. The van der Waals surface area contributed by atoms with E-state index >= 15 is 0 Å². The van der Waals surface area contributed by atoms with Crippen LogP contribution in [0.4, 0.5) is 5.95 Å². The van der Waals surface area contributed by atoms with Gasteiger partial charge in [-0.15, -0.1) is 11.7 Å². The molecule has 2 aromatic heterocycles. The van der Waals surface area contributed by atoms with E-state index in [4.69, 9.17) is 9.15 Å². The summed E-state index contributed by atoms with van der Waals surface area (Å²) in [5.41, 5.74) is 0. The number of ether oxygens (including phenoxy) is 1. The lowest BCUT2D eigenvalue weighted by Crippen LogP contribution is -2.28. The van der Waals surface area contributed by atoms with Gasteiger partial charge in [0.05, 0.1) is 12.9 Å². The predicted molar refractivity (Wildman–Crippen MR) is 72.9 cm³/mol. The van der Waals surface area contributed by atoms with Crippen LogP contribution in [0.2, 0.25) is 0 Å². The molecule has 0 bridgehead atoms. The van der Waals surface area contributed by atoms with Gasteiger partial charge in [-0.05, 0) is 25.5 Å². The Hall–Kier alpha value is -2.41. The van der Waals surface area contributed by atoms with Gasteiger partial charge in [-0.1, -0.05) is 6.08 Å². The van der Waals surface area contributed by atoms with Crippen molar-refractivity contribution in [2.45, 2.75) is 19.4 Å². The lowest BCUT2D eigenvalue weighted by atomic mass is 10.3. The van der Waals surface area contributed by atoms with Crippen molar-refractivity contribution in [1.82, 2.24) is 15.2 Å². The van der Waals surface area contributed by atoms with E-state index in [1.54, 1.807) is 25.1 Å². The molecule has 0 aliphatic carbocycles. The number of carbonyl (C=O) groups is 1. The van der Waals surface area contributed by atoms with E-state index in [0.717, 1.165) is 0 Å². The number of nitrogens with zero attached hydrogens (tertiary/aromatic N) is 2. The quantitative estimate of drug-likeness (QED) is 0.596. The molecule has 0 saturated heterocycles. The minimum Gasteiger partial charge on any atom is -0.461 e. The maximum atomic E-state index is 11.8. The SMILES string of the molecule is C=CCCOC(C)C(=O)Nc1n[nH]c(-c2ccco2)n1. The van der Waals surface area contributed by atoms with Gasteiger partial charge >= 0.3 is 0 Å². The molecule has 0 spiro atoms. The fourth-order valence-corrected chi connectivity index (χ4v) is 1.46. The van der Waals surface area contributed by atoms with Crippen LogP contribution < -0.4 is 5.32 Å². The number of carbonyl (C=O) groups excluding carboxylic acids is 1. The maximum Gasteiger partial charge on any atom is 0.255 e. The van der Waals surface area contributed by atoms with Crippen LogP contribution in [0.25, 0.3) is 11.6 Å². The number of rotatable bonds is 7. The zero-order valence-electron chi connectivity index (χ0n) is 11.1. The molecular weight excluding hydrogens is 260 g/mol. The average Bonchev–Trinajstić information content (AvgIpc) is 3.08. The van der Waals surface area contributed by atoms with E-state index in [1.807, 2.05) is 0 Å². The number of hydrogen-bond donors (Lipinski definition) is 2. The van der Waals surface area contributed by atoms with Crippen molar-refractivity contribution in [3.63, 3.8) is 0 Å². The predicted octanol–water partition coefficient (Wildman–Crippen LogP) is 1.98. The summed E-state index contributed by atoms with van der Waals surface area (Å²) >= 11 is 0. The third kappa shape index (κ3) is 3.55. The normalized spacial score (nSPS) is 12.1. The average molecular weight is 276 g/mol. The minimum absolute atomic E-state index is 0.181. The Bertz CT molecular complexity index is 562. The molecular formula is C13H16N4O3. The smallest absolute Gasteiger partial charge is 0.255 e. The Morgan fingerprint density at radius 3 is 3.25 bits per heavy atom. The number of aromatic nitrogens is 3. The molecule has 2 N–H and O–H groups in total. The van der Waals surface area contributed by atoms with Crippen molar-refractivity contribution in [2.24, 2.45) is 0 Å². The molecule has 0 saturated carbocycles. The van der Waals surface area contributed by atoms with E-state index in [-0.39, 0.29) is 11.9 Å². The molecule has 2 aromatic rings. The number of nitrogens with one attached hydrogen (secondary N) is 2. The summed E-state index contributed by atoms with van der Waals surface area (Å²) in [6.45, 7) is 5.70. The van der Waals surface area contributed by atoms with Crippen molar-refractivity contribution in [1.29, 1.82) is 0 Å². The fourth-order valence-electron chi connectivity index (χ4n) is 1.46. The maximum absolute atomic E-state index is 11.8. The second-order valence-corrected chi connectivity index (χ2v) is 4.06. The fraction of sp³-hybridized carbons (Fsp3) is 0.308. The van der Waals surface area contributed by atoms with Crippen LogP contribution in [0.1, 0.15) is 13.3 Å². The van der Waals surface area contributed by atoms with Crippen LogP contribution in [0, 0.1) is 0 Å². The van der Waals surface area contributed by atoms with Crippen LogP contribution in [0.5, 0.6) is 0 Å². The van der Waals surface area contributed by atoms with Crippen molar-refractivity contribution < 1.29 is 13.9 Å². The highest BCUT2D eigenvalue weighted by Crippen LogP contribution is 2.15. The molecule has 1 unspecified atom stereocenters. The van der Waals surface area contributed by atoms with Crippen LogP contribution >= 0.6 is 0 Å². The molecule has 1 atom stereocenters. The standard InChI is InChI=1S/C13H16N4O3/c1-3-4-7-19-9(2)12(18)15-13-14-11(16-17-13)10-6-5-8-20-10/h3,5-6,8-9H,1,4,7H2,2H3,(H2,14,15,16,17,18). The molecule has 20 heavy (non-hydrogen) atoms. The summed E-state index contributed by atoms with van der Waals surface area (Å²) in [5.74, 6) is 0.874. The molecule has 106 valence electrons. The van der Waals surface area contributed by atoms with E-state index < -0.39 is 6.10 Å². The van der Waals surface area contributed by atoms with Gasteiger partial charge in [0, 0.05) is 0 Å². The van der Waals surface area contributed by atoms with Gasteiger partial charge in [-0.3, -0.25) is 15.2 Å². The number of aromatic amines is 1. The molecule has 0 aliphatic rings. The van der Waals surface area contributed by atoms with Crippen molar-refractivity contribution in [3.05, 3.63) is 31.1 Å². The first kappa shape index (κ1) is 14.0. The second-order valence-electron chi connectivity index (χ2n) is 4.06. The van der Waals surface area contributed by atoms with E-state index in [0.29, 0.717) is 24.6 Å². The molecule has 0 aliphatic heterocycles. The molecule has 2 heterocycles. The highest BCUT2D eigenvalue weighted by Gasteiger charge is 2.16. The van der Waals surface area contributed by atoms with Crippen LogP contribution in [-0.2, 0) is 9.53 Å². The van der Waals surface area contributed by atoms with E-state index in [9.17, 15) is 4.79 Å². The molecule has 1 amide bonds. The number of hydrogen-bond acceptors (Lipinski definition) is 5. The molecule has 7 heteroatoms. The van der Waals surface area contributed by atoms with Crippen molar-refractivity contribution in [2.75, 3.05) is 11.9 Å². The summed E-state index contributed by atoms with van der Waals surface area (Å²) < 4.78 is 10.5. The number of H-pyrrole nitrogens is 1. The zero-order valence-corrected chi connectivity index (χ0v) is 11.1. The molecule has 7 nitrogen and oxygen atoms in total. The zero-order chi connectivity index (χ0) is 14.4. The molecule has 0 radical (unpaired) electrons. The van der Waals surface area contributed by atoms with Gasteiger partial charge in [0.1, 0.15) is 6.10 Å². The molecule has 0 aromatic carbocycles. The first-order chi connectivity index (χ1) is 9.70. The summed E-state index contributed by atoms with van der Waals surface area (Å²) in [6.07, 6.45) is 3.38. The third-order valence-electron chi connectivity index (χ3n) is 2.53. The van der Waals surface area contributed by atoms with Crippen LogP contribution in [-0.4, -0.2) is 33.8 Å². The summed E-state index contributed by atoms with van der Waals surface area (Å²) in [5, 5.41) is 9.14. The first-order valence-corrected chi connectivity index (χ1v) is 6.20. The Balaban J connectivity index is 1.90. The largest absolute Gasteiger partial charge is 0.461 e. The second kappa shape index (κ2) is 6.67. The van der Waals surface area contributed by atoms with Crippen LogP contribution in [0.3, 0.4) is 0 Å². The molecule has 0 fully saturated rings. The summed E-state index contributed by atoms with van der Waals surface area (Å²) in [6, 6.07) is 3.48. The van der Waals surface area contributed by atoms with Gasteiger partial charge in [0.2, 0.25) is 5.95 Å². The van der Waals surface area contributed by atoms with E-state index in [1.165, 1.54) is 6.26 Å². The monoisotopic (exact) mass is 276 g/mol. The number of anilines is 1.